The van der Waals surface area contributed by atoms with Crippen molar-refractivity contribution < 1.29 is 19.2 Å². The maximum absolute atomic E-state index is 12.5. The number of aliphatic imine (C=N–C) groups is 1. The Morgan fingerprint density at radius 3 is 2.71 bits per heavy atom. The second kappa shape index (κ2) is 8.02. The number of fused-ring (bicyclic) bond motifs is 1. The third-order valence-electron chi connectivity index (χ3n) is 5.63. The van der Waals surface area contributed by atoms with Crippen LogP contribution in [0.3, 0.4) is 0 Å². The number of rotatable bonds is 5. The van der Waals surface area contributed by atoms with E-state index >= 15 is 0 Å². The highest BCUT2D eigenvalue weighted by molar-refractivity contribution is 6.24. The summed E-state index contributed by atoms with van der Waals surface area (Å²) >= 11 is 0. The summed E-state index contributed by atoms with van der Waals surface area (Å²) in [6.07, 6.45) is 4.56. The molecule has 6 heteroatoms. The van der Waals surface area contributed by atoms with Crippen molar-refractivity contribution in [1.82, 2.24) is 5.16 Å². The molecule has 0 aromatic carbocycles. The third kappa shape index (κ3) is 4.26. The minimum absolute atomic E-state index is 0.0439. The van der Waals surface area contributed by atoms with Gasteiger partial charge in [-0.25, -0.2) is 0 Å². The molecule has 152 valence electrons. The van der Waals surface area contributed by atoms with Gasteiger partial charge in [-0.15, -0.1) is 0 Å². The van der Waals surface area contributed by atoms with Gasteiger partial charge in [0.2, 0.25) is 0 Å². The highest BCUT2D eigenvalue weighted by atomic mass is 16.5. The van der Waals surface area contributed by atoms with Crippen LogP contribution in [-0.2, 0) is 17.6 Å². The molecule has 1 N–H and O–H groups in total. The number of aliphatic hydroxyl groups is 1. The lowest BCUT2D eigenvalue weighted by Gasteiger charge is -2.26. The standard InChI is InChI=1S/C22H30N2O4/c1-5-13(2)23-14-7-6-8-16(25)20(14)17(26)10-9-15-21-18(27)11-22(3,4)12-19(21)28-24-15/h13,26H,5-12H2,1-4H3/b20-17-,23-14?. The molecule has 6 nitrogen and oxygen atoms in total. The summed E-state index contributed by atoms with van der Waals surface area (Å²) in [4.78, 5) is 29.6. The van der Waals surface area contributed by atoms with E-state index < -0.39 is 0 Å². The molecule has 1 unspecified atom stereocenters. The molecular weight excluding hydrogens is 356 g/mol. The largest absolute Gasteiger partial charge is 0.511 e. The molecule has 2 aliphatic rings. The van der Waals surface area contributed by atoms with Gasteiger partial charge in [0.1, 0.15) is 11.5 Å². The predicted molar refractivity (Wildman–Crippen MR) is 107 cm³/mol. The number of ketones is 2. The lowest BCUT2D eigenvalue weighted by Crippen LogP contribution is -2.26. The second-order valence-electron chi connectivity index (χ2n) is 8.80. The van der Waals surface area contributed by atoms with Crippen LogP contribution in [-0.4, -0.2) is 33.6 Å². The Bertz CT molecular complexity index is 845. The van der Waals surface area contributed by atoms with Crippen LogP contribution in [0.5, 0.6) is 0 Å². The van der Waals surface area contributed by atoms with Crippen LogP contribution in [0.4, 0.5) is 0 Å². The maximum Gasteiger partial charge on any atom is 0.168 e. The van der Waals surface area contributed by atoms with E-state index in [1.165, 1.54) is 0 Å². The van der Waals surface area contributed by atoms with Gasteiger partial charge < -0.3 is 9.63 Å². The first kappa shape index (κ1) is 20.5. The molecule has 0 saturated heterocycles. The first-order chi connectivity index (χ1) is 13.2. The van der Waals surface area contributed by atoms with Crippen molar-refractivity contribution in [3.8, 4) is 0 Å². The average molecular weight is 386 g/mol. The summed E-state index contributed by atoms with van der Waals surface area (Å²) in [5, 5.41) is 14.8. The fraction of sp³-hybridized carbons (Fsp3) is 0.636. The first-order valence-corrected chi connectivity index (χ1v) is 10.2. The number of hydrogen-bond acceptors (Lipinski definition) is 6. The van der Waals surface area contributed by atoms with Gasteiger partial charge in [-0.1, -0.05) is 25.9 Å². The lowest BCUT2D eigenvalue weighted by molar-refractivity contribution is -0.115. The lowest BCUT2D eigenvalue weighted by atomic mass is 9.76. The molecule has 1 aromatic rings. The maximum atomic E-state index is 12.5. The van der Waals surface area contributed by atoms with Crippen LogP contribution in [0.2, 0.25) is 0 Å². The van der Waals surface area contributed by atoms with Crippen molar-refractivity contribution in [3.05, 3.63) is 28.3 Å². The fourth-order valence-electron chi connectivity index (χ4n) is 3.99. The van der Waals surface area contributed by atoms with E-state index in [-0.39, 0.29) is 35.2 Å². The quantitative estimate of drug-likeness (QED) is 0.591. The zero-order valence-corrected chi connectivity index (χ0v) is 17.3. The molecule has 0 radical (unpaired) electrons. The predicted octanol–water partition coefficient (Wildman–Crippen LogP) is 4.57. The van der Waals surface area contributed by atoms with Crippen molar-refractivity contribution in [3.63, 3.8) is 0 Å². The number of hydrogen-bond donors (Lipinski definition) is 1. The number of carbonyl (C=O) groups excluding carboxylic acids is 2. The van der Waals surface area contributed by atoms with E-state index in [9.17, 15) is 14.7 Å². The van der Waals surface area contributed by atoms with Crippen LogP contribution in [0.25, 0.3) is 0 Å². The minimum atomic E-state index is -0.124. The Hall–Kier alpha value is -2.24. The molecule has 1 saturated carbocycles. The highest BCUT2D eigenvalue weighted by Crippen LogP contribution is 2.36. The number of carbonyl (C=O) groups is 2. The van der Waals surface area contributed by atoms with Gasteiger partial charge in [-0.3, -0.25) is 14.6 Å². The Labute approximate surface area is 166 Å². The fourth-order valence-corrected chi connectivity index (χ4v) is 3.99. The van der Waals surface area contributed by atoms with Gasteiger partial charge in [0.05, 0.1) is 16.8 Å². The number of nitrogens with zero attached hydrogens (tertiary/aromatic N) is 2. The van der Waals surface area contributed by atoms with Gasteiger partial charge in [-0.05, 0) is 31.6 Å². The number of aliphatic hydroxyl groups excluding tert-OH is 1. The van der Waals surface area contributed by atoms with Crippen molar-refractivity contribution in [1.29, 1.82) is 0 Å². The summed E-state index contributed by atoms with van der Waals surface area (Å²) in [6.45, 7) is 8.14. The number of aromatic nitrogens is 1. The highest BCUT2D eigenvalue weighted by Gasteiger charge is 2.36. The van der Waals surface area contributed by atoms with E-state index in [1.54, 1.807) is 0 Å². The van der Waals surface area contributed by atoms with Gasteiger partial charge in [0.15, 0.2) is 11.6 Å². The first-order valence-electron chi connectivity index (χ1n) is 10.2. The van der Waals surface area contributed by atoms with E-state index in [2.05, 4.69) is 17.1 Å². The van der Waals surface area contributed by atoms with Crippen LogP contribution >= 0.6 is 0 Å². The van der Waals surface area contributed by atoms with Crippen LogP contribution < -0.4 is 0 Å². The third-order valence-corrected chi connectivity index (χ3v) is 5.63. The van der Waals surface area contributed by atoms with Crippen LogP contribution in [0.15, 0.2) is 20.8 Å². The van der Waals surface area contributed by atoms with Crippen molar-refractivity contribution >= 4 is 17.3 Å². The molecule has 28 heavy (non-hydrogen) atoms. The van der Waals surface area contributed by atoms with E-state index in [0.717, 1.165) is 12.8 Å². The summed E-state index contributed by atoms with van der Waals surface area (Å²) in [7, 11) is 0. The Morgan fingerprint density at radius 2 is 2.00 bits per heavy atom. The van der Waals surface area contributed by atoms with Crippen LogP contribution in [0, 0.1) is 5.41 Å². The summed E-state index contributed by atoms with van der Waals surface area (Å²) < 4.78 is 5.42. The Balaban J connectivity index is 1.82. The molecule has 3 rings (SSSR count). The van der Waals surface area contributed by atoms with Crippen molar-refractivity contribution in [2.45, 2.75) is 85.1 Å². The van der Waals surface area contributed by atoms with E-state index in [1.807, 2.05) is 20.8 Å². The molecule has 1 fully saturated rings. The van der Waals surface area contributed by atoms with Gasteiger partial charge in [0.25, 0.3) is 0 Å². The zero-order chi connectivity index (χ0) is 20.5. The van der Waals surface area contributed by atoms with Gasteiger partial charge >= 0.3 is 0 Å². The Morgan fingerprint density at radius 1 is 1.25 bits per heavy atom. The smallest absolute Gasteiger partial charge is 0.168 e. The second-order valence-corrected chi connectivity index (χ2v) is 8.80. The number of Topliss-reactive ketones (excluding diaryl/α,β-unsaturated/α-hetero) is 2. The molecular formula is C22H30N2O4. The van der Waals surface area contributed by atoms with Crippen molar-refractivity contribution in [2.24, 2.45) is 10.4 Å². The average Bonchev–Trinajstić information content (AvgIpc) is 3.01. The number of aryl methyl sites for hydroxylation is 1. The summed E-state index contributed by atoms with van der Waals surface area (Å²) in [6, 6.07) is 0.118. The van der Waals surface area contributed by atoms with E-state index in [0.29, 0.717) is 60.4 Å². The molecule has 0 bridgehead atoms. The summed E-state index contributed by atoms with van der Waals surface area (Å²) in [5.74, 6) is 0.677. The topological polar surface area (TPSA) is 92.8 Å². The zero-order valence-electron chi connectivity index (χ0n) is 17.3. The molecule has 0 spiro atoms. The van der Waals surface area contributed by atoms with E-state index in [4.69, 9.17) is 4.52 Å². The van der Waals surface area contributed by atoms with Crippen LogP contribution in [0.1, 0.15) is 88.0 Å². The molecule has 1 atom stereocenters. The monoisotopic (exact) mass is 386 g/mol. The molecule has 0 amide bonds. The minimum Gasteiger partial charge on any atom is -0.511 e. The summed E-state index contributed by atoms with van der Waals surface area (Å²) in [5.41, 5.74) is 2.10. The molecule has 1 aromatic heterocycles. The molecule has 2 aliphatic carbocycles. The normalized spacial score (nSPS) is 23.6. The number of allylic oxidation sites excluding steroid dienone is 2. The van der Waals surface area contributed by atoms with Gasteiger partial charge in [0, 0.05) is 43.9 Å². The van der Waals surface area contributed by atoms with Gasteiger partial charge in [-0.2, -0.15) is 0 Å². The van der Waals surface area contributed by atoms with Crippen molar-refractivity contribution in [2.75, 3.05) is 0 Å². The SMILES string of the molecule is CCC(C)N=C1CCCC(=O)/C1=C(\O)CCc1noc2c1C(=O)CC(C)(C)C2. The molecule has 0 aliphatic heterocycles. The Kier molecular flexibility index (Phi) is 5.87. The molecule has 1 heterocycles.